The molecule has 0 radical (unpaired) electrons. The quantitative estimate of drug-likeness (QED) is 0.651. The topological polar surface area (TPSA) is 96.7 Å². The van der Waals surface area contributed by atoms with E-state index in [2.05, 4.69) is 15.5 Å². The van der Waals surface area contributed by atoms with Crippen molar-refractivity contribution in [3.8, 4) is 0 Å². The molecule has 8 nitrogen and oxygen atoms in total. The molecule has 1 aliphatic heterocycles. The van der Waals surface area contributed by atoms with Crippen LogP contribution in [0, 0.1) is 6.92 Å². The second-order valence-electron chi connectivity index (χ2n) is 7.19. The van der Waals surface area contributed by atoms with E-state index in [1.54, 1.807) is 12.1 Å². The fraction of sp³-hybridized carbons (Fsp3) is 0.286. The van der Waals surface area contributed by atoms with Crippen LogP contribution in [-0.2, 0) is 4.79 Å². The zero-order chi connectivity index (χ0) is 20.5. The molecule has 0 saturated heterocycles. The minimum atomic E-state index is -0.317. The van der Waals surface area contributed by atoms with Crippen LogP contribution in [0.25, 0.3) is 5.65 Å². The molecular formula is C21H21N5O3. The summed E-state index contributed by atoms with van der Waals surface area (Å²) in [5.74, 6) is -0.117. The van der Waals surface area contributed by atoms with E-state index in [4.69, 9.17) is 0 Å². The van der Waals surface area contributed by atoms with Gasteiger partial charge < -0.3 is 5.32 Å². The fourth-order valence-corrected chi connectivity index (χ4v) is 3.54. The number of nitrogens with zero attached hydrogens (tertiary/aromatic N) is 4. The molecular weight excluding hydrogens is 370 g/mol. The van der Waals surface area contributed by atoms with Crippen molar-refractivity contribution in [3.63, 3.8) is 0 Å². The number of fused-ring (bicyclic) bond motifs is 2. The molecule has 0 spiro atoms. The molecule has 8 heteroatoms. The van der Waals surface area contributed by atoms with Crippen molar-refractivity contribution in [2.45, 2.75) is 32.7 Å². The van der Waals surface area contributed by atoms with Gasteiger partial charge in [0, 0.05) is 19.2 Å². The van der Waals surface area contributed by atoms with E-state index in [1.807, 2.05) is 48.7 Å². The molecule has 0 bridgehead atoms. The van der Waals surface area contributed by atoms with Crippen LogP contribution in [0.5, 0.6) is 0 Å². The lowest BCUT2D eigenvalue weighted by atomic mass is 10.1. The predicted molar refractivity (Wildman–Crippen MR) is 105 cm³/mol. The van der Waals surface area contributed by atoms with E-state index in [1.165, 1.54) is 4.90 Å². The van der Waals surface area contributed by atoms with E-state index < -0.39 is 0 Å². The molecule has 1 unspecified atom stereocenters. The highest BCUT2D eigenvalue weighted by molar-refractivity contribution is 6.21. The SMILES string of the molecule is Cc1ccc2c(c1)C(=O)N(CCCC(=O)NC(C)c1nnc3ccccn13)C2=O. The molecule has 148 valence electrons. The number of carbonyl (C=O) groups excluding carboxylic acids is 3. The smallest absolute Gasteiger partial charge is 0.261 e. The van der Waals surface area contributed by atoms with Gasteiger partial charge >= 0.3 is 0 Å². The van der Waals surface area contributed by atoms with Crippen molar-refractivity contribution in [1.29, 1.82) is 0 Å². The summed E-state index contributed by atoms with van der Waals surface area (Å²) in [5.41, 5.74) is 2.51. The van der Waals surface area contributed by atoms with Crippen LogP contribution in [-0.4, -0.2) is 43.8 Å². The van der Waals surface area contributed by atoms with Gasteiger partial charge in [0.25, 0.3) is 11.8 Å². The fourth-order valence-electron chi connectivity index (χ4n) is 3.54. The van der Waals surface area contributed by atoms with Crippen LogP contribution in [0.15, 0.2) is 42.6 Å². The second kappa shape index (κ2) is 7.46. The van der Waals surface area contributed by atoms with Crippen molar-refractivity contribution in [3.05, 3.63) is 65.1 Å². The number of hydrogen-bond donors (Lipinski definition) is 1. The van der Waals surface area contributed by atoms with Crippen molar-refractivity contribution in [2.24, 2.45) is 0 Å². The Morgan fingerprint density at radius 1 is 1.10 bits per heavy atom. The highest BCUT2D eigenvalue weighted by atomic mass is 16.2. The van der Waals surface area contributed by atoms with Gasteiger partial charge in [0.05, 0.1) is 17.2 Å². The molecule has 0 aliphatic carbocycles. The third-order valence-corrected chi connectivity index (χ3v) is 5.02. The molecule has 0 saturated carbocycles. The highest BCUT2D eigenvalue weighted by Gasteiger charge is 2.35. The lowest BCUT2D eigenvalue weighted by molar-refractivity contribution is -0.121. The summed E-state index contributed by atoms with van der Waals surface area (Å²) in [5, 5.41) is 11.1. The van der Waals surface area contributed by atoms with Crippen molar-refractivity contribution in [1.82, 2.24) is 24.8 Å². The van der Waals surface area contributed by atoms with E-state index in [0.29, 0.717) is 29.0 Å². The molecule has 3 heterocycles. The van der Waals surface area contributed by atoms with Crippen LogP contribution in [0.1, 0.15) is 57.9 Å². The van der Waals surface area contributed by atoms with Crippen LogP contribution in [0.4, 0.5) is 0 Å². The Hall–Kier alpha value is -3.55. The lowest BCUT2D eigenvalue weighted by Crippen LogP contribution is -2.32. The maximum absolute atomic E-state index is 12.5. The van der Waals surface area contributed by atoms with Gasteiger partial charge in [-0.15, -0.1) is 10.2 Å². The molecule has 1 atom stereocenters. The molecule has 4 rings (SSSR count). The number of benzene rings is 1. The minimum absolute atomic E-state index is 0.169. The third kappa shape index (κ3) is 3.49. The average molecular weight is 391 g/mol. The zero-order valence-electron chi connectivity index (χ0n) is 16.3. The first kappa shape index (κ1) is 18.8. The number of aryl methyl sites for hydroxylation is 1. The number of rotatable bonds is 6. The Morgan fingerprint density at radius 2 is 1.90 bits per heavy atom. The molecule has 1 N–H and O–H groups in total. The Labute approximate surface area is 167 Å². The Morgan fingerprint density at radius 3 is 2.72 bits per heavy atom. The number of imide groups is 1. The molecule has 29 heavy (non-hydrogen) atoms. The standard InChI is InChI=1S/C21H21N5O3/c1-13-8-9-15-16(12-13)21(29)26(20(15)28)11-5-7-18(27)22-14(2)19-24-23-17-6-3-4-10-25(17)19/h3-4,6,8-10,12,14H,5,7,11H2,1-2H3,(H,22,27). The second-order valence-corrected chi connectivity index (χ2v) is 7.19. The first-order valence-corrected chi connectivity index (χ1v) is 9.51. The van der Waals surface area contributed by atoms with Crippen molar-refractivity contribution < 1.29 is 14.4 Å². The molecule has 3 aromatic rings. The Bertz CT molecular complexity index is 1120. The van der Waals surface area contributed by atoms with Crippen molar-refractivity contribution >= 4 is 23.4 Å². The summed E-state index contributed by atoms with van der Waals surface area (Å²) in [6, 6.07) is 10.5. The Balaban J connectivity index is 1.32. The van der Waals surface area contributed by atoms with E-state index in [-0.39, 0.29) is 36.7 Å². The van der Waals surface area contributed by atoms with Gasteiger partial charge in [-0.3, -0.25) is 23.7 Å². The average Bonchev–Trinajstić information content (AvgIpc) is 3.23. The first-order valence-electron chi connectivity index (χ1n) is 9.51. The van der Waals surface area contributed by atoms with E-state index >= 15 is 0 Å². The number of nitrogens with one attached hydrogen (secondary N) is 1. The van der Waals surface area contributed by atoms with Crippen LogP contribution in [0.3, 0.4) is 0 Å². The van der Waals surface area contributed by atoms with Gasteiger partial charge in [0.2, 0.25) is 5.91 Å². The predicted octanol–water partition coefficient (Wildman–Crippen LogP) is 2.29. The maximum Gasteiger partial charge on any atom is 0.261 e. The minimum Gasteiger partial charge on any atom is -0.346 e. The summed E-state index contributed by atoms with van der Waals surface area (Å²) in [7, 11) is 0. The molecule has 3 amide bonds. The third-order valence-electron chi connectivity index (χ3n) is 5.02. The maximum atomic E-state index is 12.5. The van der Waals surface area contributed by atoms with Crippen molar-refractivity contribution in [2.75, 3.05) is 6.54 Å². The summed E-state index contributed by atoms with van der Waals surface area (Å²) in [4.78, 5) is 38.5. The summed E-state index contributed by atoms with van der Waals surface area (Å²) >= 11 is 0. The number of hydrogen-bond acceptors (Lipinski definition) is 5. The van der Waals surface area contributed by atoms with Gasteiger partial charge in [-0.1, -0.05) is 17.7 Å². The summed E-state index contributed by atoms with van der Waals surface area (Å²) < 4.78 is 1.83. The van der Waals surface area contributed by atoms with Gasteiger partial charge in [-0.2, -0.15) is 0 Å². The first-order chi connectivity index (χ1) is 14.0. The monoisotopic (exact) mass is 391 g/mol. The van der Waals surface area contributed by atoms with Gasteiger partial charge in [0.15, 0.2) is 11.5 Å². The number of pyridine rings is 1. The van der Waals surface area contributed by atoms with Crippen LogP contribution >= 0.6 is 0 Å². The number of aromatic nitrogens is 3. The highest BCUT2D eigenvalue weighted by Crippen LogP contribution is 2.24. The summed E-state index contributed by atoms with van der Waals surface area (Å²) in [6.45, 7) is 3.93. The number of carbonyl (C=O) groups is 3. The van der Waals surface area contributed by atoms with E-state index in [9.17, 15) is 14.4 Å². The van der Waals surface area contributed by atoms with Gasteiger partial charge in [-0.25, -0.2) is 0 Å². The molecule has 2 aromatic heterocycles. The summed E-state index contributed by atoms with van der Waals surface area (Å²) in [6.07, 6.45) is 2.44. The van der Waals surface area contributed by atoms with Gasteiger partial charge in [0.1, 0.15) is 0 Å². The lowest BCUT2D eigenvalue weighted by Gasteiger charge is -2.15. The molecule has 0 fully saturated rings. The molecule has 1 aromatic carbocycles. The van der Waals surface area contributed by atoms with Crippen LogP contribution in [0.2, 0.25) is 0 Å². The van der Waals surface area contributed by atoms with Crippen LogP contribution < -0.4 is 5.32 Å². The van der Waals surface area contributed by atoms with Gasteiger partial charge in [-0.05, 0) is 44.5 Å². The largest absolute Gasteiger partial charge is 0.346 e. The Kier molecular flexibility index (Phi) is 4.84. The van der Waals surface area contributed by atoms with E-state index in [0.717, 1.165) is 5.56 Å². The zero-order valence-corrected chi connectivity index (χ0v) is 16.3. The molecule has 1 aliphatic rings. The number of amides is 3. The normalized spacial score (nSPS) is 14.3.